The molecule has 0 atom stereocenters. The van der Waals surface area contributed by atoms with Crippen molar-refractivity contribution < 1.29 is 23.1 Å². The van der Waals surface area contributed by atoms with Gasteiger partial charge in [-0.1, -0.05) is 18.2 Å². The zero-order valence-corrected chi connectivity index (χ0v) is 13.1. The molecule has 7 heteroatoms. The quantitative estimate of drug-likeness (QED) is 0.746. The van der Waals surface area contributed by atoms with Crippen molar-refractivity contribution >= 4 is 16.0 Å². The van der Waals surface area contributed by atoms with Crippen LogP contribution >= 0.6 is 0 Å². The molecule has 118 valence electrons. The molecule has 0 saturated carbocycles. The van der Waals surface area contributed by atoms with Crippen LogP contribution in [-0.4, -0.2) is 49.8 Å². The first-order chi connectivity index (χ1) is 9.83. The second-order valence-electron chi connectivity index (χ2n) is 4.75. The molecule has 0 fully saturated rings. The third kappa shape index (κ3) is 6.14. The highest BCUT2D eigenvalue weighted by Crippen LogP contribution is 2.16. The largest absolute Gasteiger partial charge is 0.492 e. The number of hydrogen-bond donors (Lipinski definition) is 1. The summed E-state index contributed by atoms with van der Waals surface area (Å²) in [4.78, 5) is 10.4. The van der Waals surface area contributed by atoms with E-state index in [-0.39, 0.29) is 31.7 Å². The van der Waals surface area contributed by atoms with Crippen LogP contribution in [0.3, 0.4) is 0 Å². The third-order valence-corrected chi connectivity index (χ3v) is 4.96. The lowest BCUT2D eigenvalue weighted by Crippen LogP contribution is -2.33. The topological polar surface area (TPSA) is 83.9 Å². The lowest BCUT2D eigenvalue weighted by Gasteiger charge is -2.17. The molecule has 6 nitrogen and oxygen atoms in total. The summed E-state index contributed by atoms with van der Waals surface area (Å²) in [5.41, 5.74) is 0.990. The molecule has 0 bridgehead atoms. The summed E-state index contributed by atoms with van der Waals surface area (Å²) in [5.74, 6) is -0.426. The van der Waals surface area contributed by atoms with Gasteiger partial charge < -0.3 is 9.84 Å². The van der Waals surface area contributed by atoms with Crippen LogP contribution in [0.1, 0.15) is 18.4 Å². The zero-order valence-electron chi connectivity index (χ0n) is 12.3. The highest BCUT2D eigenvalue weighted by molar-refractivity contribution is 7.89. The van der Waals surface area contributed by atoms with Gasteiger partial charge in [-0.3, -0.25) is 4.79 Å². The standard InChI is InChI=1S/C14H21NO5S/c1-12-6-3-4-7-13(12)20-10-9-15(2)21(18,19)11-5-8-14(16)17/h3-4,6-7H,5,8-11H2,1-2H3,(H,16,17). The molecule has 0 spiro atoms. The summed E-state index contributed by atoms with van der Waals surface area (Å²) in [5, 5.41) is 8.51. The van der Waals surface area contributed by atoms with E-state index in [9.17, 15) is 13.2 Å². The molecule has 0 heterocycles. The van der Waals surface area contributed by atoms with E-state index in [1.807, 2.05) is 31.2 Å². The van der Waals surface area contributed by atoms with Crippen LogP contribution in [0.15, 0.2) is 24.3 Å². The normalized spacial score (nSPS) is 11.6. The lowest BCUT2D eigenvalue weighted by molar-refractivity contribution is -0.137. The SMILES string of the molecule is Cc1ccccc1OCCN(C)S(=O)(=O)CCCC(=O)O. The van der Waals surface area contributed by atoms with Gasteiger partial charge in [-0.25, -0.2) is 12.7 Å². The van der Waals surface area contributed by atoms with Crippen molar-refractivity contribution in [3.63, 3.8) is 0 Å². The summed E-state index contributed by atoms with van der Waals surface area (Å²) in [6, 6.07) is 7.51. The van der Waals surface area contributed by atoms with E-state index in [2.05, 4.69) is 0 Å². The van der Waals surface area contributed by atoms with Gasteiger partial charge in [0.2, 0.25) is 10.0 Å². The predicted molar refractivity (Wildman–Crippen MR) is 80.0 cm³/mol. The molecule has 1 aromatic rings. The molecule has 1 N–H and O–H groups in total. The summed E-state index contributed by atoms with van der Waals surface area (Å²) < 4.78 is 30.5. The first kappa shape index (κ1) is 17.5. The molecule has 0 aliphatic carbocycles. The fraction of sp³-hybridized carbons (Fsp3) is 0.500. The first-order valence-electron chi connectivity index (χ1n) is 6.67. The molecule has 1 aromatic carbocycles. The summed E-state index contributed by atoms with van der Waals surface area (Å²) >= 11 is 0. The highest BCUT2D eigenvalue weighted by Gasteiger charge is 2.17. The van der Waals surface area contributed by atoms with E-state index in [1.54, 1.807) is 0 Å². The number of aryl methyl sites for hydroxylation is 1. The smallest absolute Gasteiger partial charge is 0.303 e. The van der Waals surface area contributed by atoms with Gasteiger partial charge in [0.25, 0.3) is 0 Å². The summed E-state index contributed by atoms with van der Waals surface area (Å²) in [7, 11) is -1.96. The Labute approximate surface area is 125 Å². The van der Waals surface area contributed by atoms with Crippen LogP contribution in [-0.2, 0) is 14.8 Å². The fourth-order valence-electron chi connectivity index (χ4n) is 1.70. The highest BCUT2D eigenvalue weighted by atomic mass is 32.2. The molecule has 0 radical (unpaired) electrons. The maximum Gasteiger partial charge on any atom is 0.303 e. The van der Waals surface area contributed by atoms with Crippen LogP contribution in [0, 0.1) is 6.92 Å². The Morgan fingerprint density at radius 1 is 1.33 bits per heavy atom. The number of carbonyl (C=O) groups is 1. The second-order valence-corrected chi connectivity index (χ2v) is 6.94. The van der Waals surface area contributed by atoms with Crippen LogP contribution in [0.4, 0.5) is 0 Å². The second kappa shape index (κ2) is 7.99. The van der Waals surface area contributed by atoms with Crippen molar-refractivity contribution in [3.05, 3.63) is 29.8 Å². The number of benzene rings is 1. The average molecular weight is 315 g/mol. The Bertz CT molecular complexity index is 570. The van der Waals surface area contributed by atoms with Gasteiger partial charge in [-0.05, 0) is 25.0 Å². The fourth-order valence-corrected chi connectivity index (χ4v) is 2.88. The van der Waals surface area contributed by atoms with Crippen molar-refractivity contribution in [2.24, 2.45) is 0 Å². The van der Waals surface area contributed by atoms with Crippen molar-refractivity contribution in [3.8, 4) is 5.75 Å². The van der Waals surface area contributed by atoms with E-state index >= 15 is 0 Å². The molecule has 0 unspecified atom stereocenters. The number of carboxylic acids is 1. The van der Waals surface area contributed by atoms with Gasteiger partial charge in [0.05, 0.1) is 5.75 Å². The minimum Gasteiger partial charge on any atom is -0.492 e. The van der Waals surface area contributed by atoms with Crippen molar-refractivity contribution in [1.82, 2.24) is 4.31 Å². The molecule has 21 heavy (non-hydrogen) atoms. The first-order valence-corrected chi connectivity index (χ1v) is 8.28. The van der Waals surface area contributed by atoms with Crippen molar-refractivity contribution in [1.29, 1.82) is 0 Å². The van der Waals surface area contributed by atoms with Crippen LogP contribution in [0.5, 0.6) is 5.75 Å². The van der Waals surface area contributed by atoms with E-state index in [1.165, 1.54) is 11.4 Å². The predicted octanol–water partition coefficient (Wildman–Crippen LogP) is 1.50. The van der Waals surface area contributed by atoms with Crippen molar-refractivity contribution in [2.75, 3.05) is 26.0 Å². The van der Waals surface area contributed by atoms with Gasteiger partial charge in [0, 0.05) is 20.0 Å². The maximum atomic E-state index is 11.9. The number of rotatable bonds is 9. The molecule has 0 aliphatic rings. The van der Waals surface area contributed by atoms with Crippen LogP contribution < -0.4 is 4.74 Å². The number of likely N-dealkylation sites (N-methyl/N-ethyl adjacent to an activating group) is 1. The van der Waals surface area contributed by atoms with E-state index in [0.29, 0.717) is 0 Å². The Kier molecular flexibility index (Phi) is 6.64. The lowest BCUT2D eigenvalue weighted by atomic mass is 10.2. The van der Waals surface area contributed by atoms with Gasteiger partial charge >= 0.3 is 5.97 Å². The molecule has 0 amide bonds. The summed E-state index contributed by atoms with van der Waals surface area (Å²) in [6.07, 6.45) is -0.0343. The molecule has 0 aliphatic heterocycles. The maximum absolute atomic E-state index is 11.9. The van der Waals surface area contributed by atoms with Crippen LogP contribution in [0.25, 0.3) is 0 Å². The molecular formula is C14H21NO5S. The van der Waals surface area contributed by atoms with E-state index in [0.717, 1.165) is 11.3 Å². The molecular weight excluding hydrogens is 294 g/mol. The average Bonchev–Trinajstić information content (AvgIpc) is 2.40. The van der Waals surface area contributed by atoms with Gasteiger partial charge in [0.1, 0.15) is 12.4 Å². The summed E-state index contributed by atoms with van der Waals surface area (Å²) in [6.45, 7) is 2.39. The van der Waals surface area contributed by atoms with Gasteiger partial charge in [-0.2, -0.15) is 0 Å². The minimum atomic E-state index is -3.43. The third-order valence-electron chi connectivity index (χ3n) is 3.03. The number of para-hydroxylation sites is 1. The van der Waals surface area contributed by atoms with Gasteiger partial charge in [-0.15, -0.1) is 0 Å². The minimum absolute atomic E-state index is 0.112. The number of carboxylic acid groups (broad SMARTS) is 1. The zero-order chi connectivity index (χ0) is 15.9. The van der Waals surface area contributed by atoms with Crippen LogP contribution in [0.2, 0.25) is 0 Å². The Hall–Kier alpha value is -1.60. The molecule has 1 rings (SSSR count). The van der Waals surface area contributed by atoms with Crippen molar-refractivity contribution in [2.45, 2.75) is 19.8 Å². The Morgan fingerprint density at radius 2 is 2.00 bits per heavy atom. The Morgan fingerprint density at radius 3 is 2.62 bits per heavy atom. The van der Waals surface area contributed by atoms with E-state index < -0.39 is 16.0 Å². The molecule has 0 saturated heterocycles. The number of nitrogens with zero attached hydrogens (tertiary/aromatic N) is 1. The number of hydrogen-bond acceptors (Lipinski definition) is 4. The van der Waals surface area contributed by atoms with E-state index in [4.69, 9.17) is 9.84 Å². The van der Waals surface area contributed by atoms with Gasteiger partial charge in [0.15, 0.2) is 0 Å². The molecule has 0 aromatic heterocycles. The number of sulfonamides is 1. The monoisotopic (exact) mass is 315 g/mol. The Balaban J connectivity index is 2.40. The number of aliphatic carboxylic acids is 1. The number of ether oxygens (including phenoxy) is 1.